The summed E-state index contributed by atoms with van der Waals surface area (Å²) in [5, 5.41) is 8.78. The first-order chi connectivity index (χ1) is 20.8. The average Bonchev–Trinajstić information content (AvgIpc) is 3.66. The molecule has 7 aromatic carbocycles. The van der Waals surface area contributed by atoms with Gasteiger partial charge >= 0.3 is 0 Å². The molecule has 0 bridgehead atoms. The van der Waals surface area contributed by atoms with Gasteiger partial charge in [-0.05, 0) is 62.0 Å². The largest absolute Gasteiger partial charge is 0.456 e. The van der Waals surface area contributed by atoms with Crippen LogP contribution in [0.15, 0.2) is 150 Å². The highest BCUT2D eigenvalue weighted by atomic mass is 32.1. The highest BCUT2D eigenvalue weighted by molar-refractivity contribution is 7.26. The van der Waals surface area contributed by atoms with Crippen molar-refractivity contribution in [1.29, 1.82) is 0 Å². The van der Waals surface area contributed by atoms with Crippen LogP contribution < -0.4 is 0 Å². The fourth-order valence-corrected chi connectivity index (χ4v) is 7.91. The molecule has 0 aliphatic carbocycles. The molecule has 2 heterocycles. The number of benzene rings is 7. The molecule has 0 spiro atoms. The van der Waals surface area contributed by atoms with E-state index in [1.54, 1.807) is 0 Å². The molecule has 0 aliphatic rings. The number of thiophene rings is 1. The Bertz CT molecular complexity index is 2390. The molecule has 0 fully saturated rings. The summed E-state index contributed by atoms with van der Waals surface area (Å²) in [6, 6.07) is 52.3. The van der Waals surface area contributed by atoms with Gasteiger partial charge in [-0.3, -0.25) is 0 Å². The Hall–Kier alpha value is -5.18. The zero-order valence-electron chi connectivity index (χ0n) is 22.7. The standard InChI is InChI=1S/C40H24OS/c1-3-13-25(14-4-1)34-23-32-35(41-34)24-33(39-31-21-11-12-22-36(31)42-40(32)39)38-29-19-9-7-17-27(29)37(26-15-5-2-6-16-26)28-18-8-10-20-30(28)38/h1-24H. The Morgan fingerprint density at radius 1 is 0.429 bits per heavy atom. The Morgan fingerprint density at radius 3 is 1.60 bits per heavy atom. The Morgan fingerprint density at radius 2 is 0.952 bits per heavy atom. The normalized spacial score (nSPS) is 11.8. The maximum Gasteiger partial charge on any atom is 0.136 e. The molecule has 0 saturated heterocycles. The lowest BCUT2D eigenvalue weighted by atomic mass is 9.84. The van der Waals surface area contributed by atoms with Crippen molar-refractivity contribution in [1.82, 2.24) is 0 Å². The van der Waals surface area contributed by atoms with Crippen molar-refractivity contribution in [3.8, 4) is 33.6 Å². The van der Waals surface area contributed by atoms with Crippen LogP contribution in [0.5, 0.6) is 0 Å². The first-order valence-corrected chi connectivity index (χ1v) is 15.1. The average molecular weight is 553 g/mol. The van der Waals surface area contributed by atoms with Gasteiger partial charge in [0, 0.05) is 31.1 Å². The van der Waals surface area contributed by atoms with E-state index in [1.807, 2.05) is 17.4 Å². The summed E-state index contributed by atoms with van der Waals surface area (Å²) in [4.78, 5) is 0. The second-order valence-corrected chi connectivity index (χ2v) is 11.9. The van der Waals surface area contributed by atoms with Crippen LogP contribution in [0.3, 0.4) is 0 Å². The predicted molar refractivity (Wildman–Crippen MR) is 180 cm³/mol. The van der Waals surface area contributed by atoms with Gasteiger partial charge in [0.15, 0.2) is 0 Å². The Labute approximate surface area is 246 Å². The first kappa shape index (κ1) is 23.5. The maximum atomic E-state index is 6.64. The van der Waals surface area contributed by atoms with Gasteiger partial charge < -0.3 is 4.42 Å². The molecule has 2 heteroatoms. The van der Waals surface area contributed by atoms with Crippen LogP contribution in [-0.2, 0) is 0 Å². The SMILES string of the molecule is c1ccc(-c2cc3c(cc(-c4c5ccccc5c(-c5ccccc5)c5ccccc45)c4c5ccccc5sc34)o2)cc1. The smallest absolute Gasteiger partial charge is 0.136 e. The molecule has 0 amide bonds. The summed E-state index contributed by atoms with van der Waals surface area (Å²) in [5.74, 6) is 0.899. The molecule has 0 atom stereocenters. The summed E-state index contributed by atoms with van der Waals surface area (Å²) in [5.41, 5.74) is 7.00. The van der Waals surface area contributed by atoms with Crippen molar-refractivity contribution in [3.05, 3.63) is 146 Å². The van der Waals surface area contributed by atoms with Crippen LogP contribution in [0.4, 0.5) is 0 Å². The van der Waals surface area contributed by atoms with E-state index in [9.17, 15) is 0 Å². The minimum atomic E-state index is 0.899. The van der Waals surface area contributed by atoms with E-state index in [4.69, 9.17) is 4.42 Å². The molecule has 1 nitrogen and oxygen atoms in total. The summed E-state index contributed by atoms with van der Waals surface area (Å²) in [7, 11) is 0. The van der Waals surface area contributed by atoms with Gasteiger partial charge in [-0.15, -0.1) is 11.3 Å². The Kier molecular flexibility index (Phi) is 5.13. The van der Waals surface area contributed by atoms with E-state index < -0.39 is 0 Å². The van der Waals surface area contributed by atoms with Crippen LogP contribution in [0.2, 0.25) is 0 Å². The molecule has 0 radical (unpaired) electrons. The third kappa shape index (κ3) is 3.43. The van der Waals surface area contributed by atoms with Gasteiger partial charge in [-0.1, -0.05) is 127 Å². The minimum Gasteiger partial charge on any atom is -0.456 e. The molecule has 9 rings (SSSR count). The lowest BCUT2D eigenvalue weighted by molar-refractivity contribution is 0.632. The van der Waals surface area contributed by atoms with Crippen molar-refractivity contribution in [2.45, 2.75) is 0 Å². The van der Waals surface area contributed by atoms with Crippen molar-refractivity contribution in [3.63, 3.8) is 0 Å². The van der Waals surface area contributed by atoms with Crippen molar-refractivity contribution in [2.24, 2.45) is 0 Å². The fraction of sp³-hybridized carbons (Fsp3) is 0. The highest BCUT2D eigenvalue weighted by Gasteiger charge is 2.22. The summed E-state index contributed by atoms with van der Waals surface area (Å²) >= 11 is 1.86. The molecule has 0 aliphatic heterocycles. The van der Waals surface area contributed by atoms with E-state index in [-0.39, 0.29) is 0 Å². The lowest BCUT2D eigenvalue weighted by Gasteiger charge is -2.18. The number of fused-ring (bicyclic) bond motifs is 7. The van der Waals surface area contributed by atoms with Crippen LogP contribution >= 0.6 is 11.3 Å². The van der Waals surface area contributed by atoms with Crippen LogP contribution in [-0.4, -0.2) is 0 Å². The second-order valence-electron chi connectivity index (χ2n) is 10.8. The fourth-order valence-electron chi connectivity index (χ4n) is 6.67. The molecule has 0 unspecified atom stereocenters. The third-order valence-electron chi connectivity index (χ3n) is 8.47. The number of hydrogen-bond donors (Lipinski definition) is 0. The quantitative estimate of drug-likeness (QED) is 0.199. The predicted octanol–water partition coefficient (Wildman–Crippen LogP) is 12.1. The van der Waals surface area contributed by atoms with Crippen LogP contribution in [0.1, 0.15) is 0 Å². The van der Waals surface area contributed by atoms with Gasteiger partial charge in [0.05, 0.1) is 0 Å². The molecular weight excluding hydrogens is 529 g/mol. The van der Waals surface area contributed by atoms with Gasteiger partial charge in [0.2, 0.25) is 0 Å². The van der Waals surface area contributed by atoms with Crippen molar-refractivity contribution < 1.29 is 4.42 Å². The van der Waals surface area contributed by atoms with Gasteiger partial charge in [0.25, 0.3) is 0 Å². The highest BCUT2D eigenvalue weighted by Crippen LogP contribution is 2.50. The zero-order valence-corrected chi connectivity index (χ0v) is 23.5. The minimum absolute atomic E-state index is 0.899. The molecule has 42 heavy (non-hydrogen) atoms. The van der Waals surface area contributed by atoms with Crippen molar-refractivity contribution >= 4 is 64.0 Å². The molecule has 0 saturated carbocycles. The summed E-state index contributed by atoms with van der Waals surface area (Å²) < 4.78 is 9.21. The van der Waals surface area contributed by atoms with E-state index in [0.29, 0.717) is 0 Å². The third-order valence-corrected chi connectivity index (χ3v) is 9.67. The maximum absolute atomic E-state index is 6.64. The van der Waals surface area contributed by atoms with Crippen molar-refractivity contribution in [2.75, 3.05) is 0 Å². The van der Waals surface area contributed by atoms with Gasteiger partial charge in [-0.25, -0.2) is 0 Å². The van der Waals surface area contributed by atoms with Crippen LogP contribution in [0, 0.1) is 0 Å². The number of furan rings is 1. The monoisotopic (exact) mass is 552 g/mol. The topological polar surface area (TPSA) is 13.1 Å². The first-order valence-electron chi connectivity index (χ1n) is 14.3. The molecular formula is C40H24OS. The van der Waals surface area contributed by atoms with Gasteiger partial charge in [0.1, 0.15) is 11.3 Å². The van der Waals surface area contributed by atoms with E-state index in [0.717, 1.165) is 16.9 Å². The Balaban J connectivity index is 1.48. The number of rotatable bonds is 3. The molecule has 2 aromatic heterocycles. The van der Waals surface area contributed by atoms with E-state index in [1.165, 1.54) is 69.4 Å². The molecule has 196 valence electrons. The lowest BCUT2D eigenvalue weighted by Crippen LogP contribution is -1.91. The van der Waals surface area contributed by atoms with Crippen LogP contribution in [0.25, 0.3) is 86.3 Å². The molecule has 9 aromatic rings. The van der Waals surface area contributed by atoms with E-state index in [2.05, 4.69) is 140 Å². The zero-order chi connectivity index (χ0) is 27.6. The molecule has 0 N–H and O–H groups in total. The second kappa shape index (κ2) is 9.17. The van der Waals surface area contributed by atoms with Gasteiger partial charge in [-0.2, -0.15) is 0 Å². The summed E-state index contributed by atoms with van der Waals surface area (Å²) in [6.45, 7) is 0. The number of hydrogen-bond acceptors (Lipinski definition) is 2. The summed E-state index contributed by atoms with van der Waals surface area (Å²) in [6.07, 6.45) is 0. The van der Waals surface area contributed by atoms with E-state index >= 15 is 0 Å².